The molecule has 1 saturated carbocycles. The lowest BCUT2D eigenvalue weighted by atomic mass is 9.93. The molecule has 1 unspecified atom stereocenters. The largest absolute Gasteiger partial charge is 0.451 e. The number of sulfone groups is 1. The average molecular weight is 465 g/mol. The summed E-state index contributed by atoms with van der Waals surface area (Å²) in [4.78, 5) is 39.5. The Morgan fingerprint density at radius 3 is 2.52 bits per heavy atom. The predicted molar refractivity (Wildman–Crippen MR) is 114 cm³/mol. The molecule has 1 amide bonds. The summed E-state index contributed by atoms with van der Waals surface area (Å²) in [5, 5.41) is 2.03. The number of amides is 1. The van der Waals surface area contributed by atoms with Gasteiger partial charge in [-0.2, -0.15) is 0 Å². The van der Waals surface area contributed by atoms with Crippen LogP contribution >= 0.6 is 11.3 Å². The van der Waals surface area contributed by atoms with Crippen LogP contribution in [0.5, 0.6) is 0 Å². The van der Waals surface area contributed by atoms with E-state index in [0.29, 0.717) is 17.3 Å². The first-order valence-electron chi connectivity index (χ1n) is 10.3. The van der Waals surface area contributed by atoms with Crippen LogP contribution in [0.4, 0.5) is 0 Å². The van der Waals surface area contributed by atoms with Crippen molar-refractivity contribution in [1.82, 2.24) is 19.9 Å². The monoisotopic (exact) mass is 464 g/mol. The van der Waals surface area contributed by atoms with E-state index in [9.17, 15) is 18.0 Å². The number of rotatable bonds is 6. The molecule has 1 saturated heterocycles. The highest BCUT2D eigenvalue weighted by Crippen LogP contribution is 2.28. The third kappa shape index (κ3) is 5.27. The lowest BCUT2D eigenvalue weighted by molar-refractivity contribution is -0.140. The van der Waals surface area contributed by atoms with Crippen LogP contribution in [-0.4, -0.2) is 70.3 Å². The Labute approximate surface area is 184 Å². The van der Waals surface area contributed by atoms with Crippen molar-refractivity contribution in [3.8, 4) is 10.8 Å². The molecule has 0 aromatic carbocycles. The second-order valence-corrected chi connectivity index (χ2v) is 10.9. The van der Waals surface area contributed by atoms with Crippen molar-refractivity contribution < 1.29 is 22.7 Å². The van der Waals surface area contributed by atoms with Crippen molar-refractivity contribution in [1.29, 1.82) is 0 Å². The number of carbonyl (C=O) groups is 2. The van der Waals surface area contributed by atoms with Gasteiger partial charge in [0.1, 0.15) is 0 Å². The van der Waals surface area contributed by atoms with E-state index in [1.54, 1.807) is 28.7 Å². The number of thiazole rings is 1. The highest BCUT2D eigenvalue weighted by molar-refractivity contribution is 7.91. The Morgan fingerprint density at radius 1 is 1.10 bits per heavy atom. The zero-order valence-corrected chi connectivity index (χ0v) is 18.6. The number of carbonyl (C=O) groups excluding carboxylic acids is 2. The average Bonchev–Trinajstić information content (AvgIpc) is 3.40. The van der Waals surface area contributed by atoms with Gasteiger partial charge in [0.15, 0.2) is 33.0 Å². The van der Waals surface area contributed by atoms with Crippen LogP contribution in [0.2, 0.25) is 0 Å². The van der Waals surface area contributed by atoms with Crippen LogP contribution in [0.15, 0.2) is 23.8 Å². The molecular formula is C20H24N4O5S2. The van der Waals surface area contributed by atoms with Crippen molar-refractivity contribution in [2.75, 3.05) is 18.1 Å². The van der Waals surface area contributed by atoms with Gasteiger partial charge in [0.05, 0.1) is 11.5 Å². The number of aromatic nitrogens is 3. The van der Waals surface area contributed by atoms with E-state index in [1.807, 2.05) is 0 Å². The topological polar surface area (TPSA) is 119 Å². The maximum absolute atomic E-state index is 13.0. The van der Waals surface area contributed by atoms with Gasteiger partial charge in [0.2, 0.25) is 0 Å². The molecule has 0 N–H and O–H groups in total. The molecule has 1 aliphatic heterocycles. The molecule has 4 rings (SSSR count). The number of nitrogens with zero attached hydrogens (tertiary/aromatic N) is 4. The maximum Gasteiger partial charge on any atom is 0.358 e. The highest BCUT2D eigenvalue weighted by Gasteiger charge is 2.38. The molecule has 9 nitrogen and oxygen atoms in total. The Kier molecular flexibility index (Phi) is 6.61. The second kappa shape index (κ2) is 9.39. The summed E-state index contributed by atoms with van der Waals surface area (Å²) in [6, 6.07) is 1.34. The van der Waals surface area contributed by atoms with Gasteiger partial charge in [0.25, 0.3) is 5.91 Å². The van der Waals surface area contributed by atoms with Crippen molar-refractivity contribution in [2.24, 2.45) is 0 Å². The fourth-order valence-electron chi connectivity index (χ4n) is 4.21. The van der Waals surface area contributed by atoms with Crippen molar-refractivity contribution in [2.45, 2.75) is 50.6 Å². The predicted octanol–water partition coefficient (Wildman–Crippen LogP) is 2.11. The van der Waals surface area contributed by atoms with Crippen LogP contribution in [-0.2, 0) is 19.4 Å². The standard InChI is InChI=1S/C20H24N4O5S2/c25-17(24(14-5-2-1-3-6-14)15-7-10-31(27,28)13-15)11-29-20(26)16-12-30-19(23-16)18-21-8-4-9-22-18/h4,8-9,12,14-15H,1-3,5-7,10-11,13H2. The van der Waals surface area contributed by atoms with Gasteiger partial charge in [0, 0.05) is 29.9 Å². The lowest BCUT2D eigenvalue weighted by Crippen LogP contribution is -2.50. The molecule has 11 heteroatoms. The van der Waals surface area contributed by atoms with Crippen LogP contribution in [0.3, 0.4) is 0 Å². The van der Waals surface area contributed by atoms with E-state index >= 15 is 0 Å². The molecule has 3 heterocycles. The van der Waals surface area contributed by atoms with Gasteiger partial charge in [-0.15, -0.1) is 11.3 Å². The fourth-order valence-corrected chi connectivity index (χ4v) is 6.66. The summed E-state index contributed by atoms with van der Waals surface area (Å²) < 4.78 is 29.2. The zero-order valence-electron chi connectivity index (χ0n) is 17.0. The molecule has 0 bridgehead atoms. The first kappa shape index (κ1) is 21.8. The highest BCUT2D eigenvalue weighted by atomic mass is 32.2. The third-order valence-corrected chi connectivity index (χ3v) is 8.24. The number of ether oxygens (including phenoxy) is 1. The molecule has 0 radical (unpaired) electrons. The summed E-state index contributed by atoms with van der Waals surface area (Å²) in [5.41, 5.74) is 0.0907. The summed E-state index contributed by atoms with van der Waals surface area (Å²) in [7, 11) is -3.13. The first-order valence-corrected chi connectivity index (χ1v) is 13.0. The normalized spacial score (nSPS) is 21.0. The molecule has 2 aromatic heterocycles. The summed E-state index contributed by atoms with van der Waals surface area (Å²) >= 11 is 1.22. The Bertz CT molecular complexity index is 1030. The minimum Gasteiger partial charge on any atom is -0.451 e. The Balaban J connectivity index is 1.41. The molecule has 0 spiro atoms. The summed E-state index contributed by atoms with van der Waals surface area (Å²) in [5.74, 6) is -0.556. The van der Waals surface area contributed by atoms with Crippen molar-refractivity contribution in [3.05, 3.63) is 29.5 Å². The SMILES string of the molecule is O=C(OCC(=O)N(C1CCCCC1)C1CCS(=O)(=O)C1)c1csc(-c2ncccn2)n1. The van der Waals surface area contributed by atoms with Gasteiger partial charge in [-0.3, -0.25) is 4.79 Å². The van der Waals surface area contributed by atoms with Crippen LogP contribution < -0.4 is 0 Å². The van der Waals surface area contributed by atoms with Gasteiger partial charge >= 0.3 is 5.97 Å². The Hall–Kier alpha value is -2.40. The van der Waals surface area contributed by atoms with Crippen molar-refractivity contribution in [3.63, 3.8) is 0 Å². The fraction of sp³-hybridized carbons (Fsp3) is 0.550. The van der Waals surface area contributed by atoms with Crippen LogP contribution in [0.1, 0.15) is 49.0 Å². The van der Waals surface area contributed by atoms with Gasteiger partial charge < -0.3 is 9.64 Å². The second-order valence-electron chi connectivity index (χ2n) is 7.84. The molecular weight excluding hydrogens is 440 g/mol. The van der Waals surface area contributed by atoms with Crippen molar-refractivity contribution >= 4 is 33.1 Å². The maximum atomic E-state index is 13.0. The molecule has 31 heavy (non-hydrogen) atoms. The Morgan fingerprint density at radius 2 is 1.84 bits per heavy atom. The number of hydrogen-bond acceptors (Lipinski definition) is 9. The number of esters is 1. The summed E-state index contributed by atoms with van der Waals surface area (Å²) in [6.07, 6.45) is 8.45. The third-order valence-electron chi connectivity index (χ3n) is 5.65. The van der Waals surface area contributed by atoms with Gasteiger partial charge in [-0.05, 0) is 25.3 Å². The van der Waals surface area contributed by atoms with Gasteiger partial charge in [-0.1, -0.05) is 19.3 Å². The molecule has 1 aliphatic carbocycles. The van der Waals surface area contributed by atoms with E-state index in [1.165, 1.54) is 11.3 Å². The summed E-state index contributed by atoms with van der Waals surface area (Å²) in [6.45, 7) is -0.430. The zero-order chi connectivity index (χ0) is 21.8. The minimum atomic E-state index is -3.13. The van der Waals surface area contributed by atoms with E-state index in [0.717, 1.165) is 32.1 Å². The lowest BCUT2D eigenvalue weighted by Gasteiger charge is -2.38. The minimum absolute atomic E-state index is 0.000596. The smallest absolute Gasteiger partial charge is 0.358 e. The first-order chi connectivity index (χ1) is 14.9. The van der Waals surface area contributed by atoms with Gasteiger partial charge in [-0.25, -0.2) is 28.2 Å². The molecule has 166 valence electrons. The molecule has 2 aromatic rings. The molecule has 2 aliphatic rings. The quantitative estimate of drug-likeness (QED) is 0.596. The van der Waals surface area contributed by atoms with E-state index in [-0.39, 0.29) is 35.2 Å². The van der Waals surface area contributed by atoms with E-state index < -0.39 is 22.4 Å². The van der Waals surface area contributed by atoms with Crippen LogP contribution in [0, 0.1) is 0 Å². The van der Waals surface area contributed by atoms with Crippen LogP contribution in [0.25, 0.3) is 10.8 Å². The molecule has 2 fully saturated rings. The number of hydrogen-bond donors (Lipinski definition) is 0. The molecule has 1 atom stereocenters. The van der Waals surface area contributed by atoms with E-state index in [4.69, 9.17) is 4.74 Å². The van der Waals surface area contributed by atoms with E-state index in [2.05, 4.69) is 15.0 Å².